The van der Waals surface area contributed by atoms with Crippen molar-refractivity contribution in [3.8, 4) is 0 Å². The summed E-state index contributed by atoms with van der Waals surface area (Å²) in [4.78, 5) is 27.0. The van der Waals surface area contributed by atoms with Gasteiger partial charge in [0.25, 0.3) is 5.91 Å². The Morgan fingerprint density at radius 2 is 1.97 bits per heavy atom. The van der Waals surface area contributed by atoms with Gasteiger partial charge < -0.3 is 20.9 Å². The van der Waals surface area contributed by atoms with Crippen molar-refractivity contribution in [3.63, 3.8) is 0 Å². The molecule has 1 saturated carbocycles. The third kappa shape index (κ3) is 4.29. The number of hydrogen-bond donors (Lipinski definition) is 3. The third-order valence-electron chi connectivity index (χ3n) is 5.47. The van der Waals surface area contributed by atoms with E-state index in [9.17, 15) is 14.0 Å². The second-order valence-electron chi connectivity index (χ2n) is 7.41. The van der Waals surface area contributed by atoms with Crippen molar-refractivity contribution < 1.29 is 14.0 Å². The molecule has 4 rings (SSSR count). The molecule has 1 atom stereocenters. The summed E-state index contributed by atoms with van der Waals surface area (Å²) >= 11 is 5.98. The summed E-state index contributed by atoms with van der Waals surface area (Å²) in [5, 5.41) is 9.19. The molecule has 3 aliphatic rings. The van der Waals surface area contributed by atoms with Crippen molar-refractivity contribution in [2.24, 2.45) is 5.92 Å². The minimum Gasteiger partial charge on any atom is -0.366 e. The fourth-order valence-corrected chi connectivity index (χ4v) is 4.08. The maximum Gasteiger partial charge on any atom is 0.269 e. The molecule has 2 heterocycles. The van der Waals surface area contributed by atoms with Crippen LogP contribution in [0.3, 0.4) is 0 Å². The average Bonchev–Trinajstić information content (AvgIpc) is 3.15. The maximum atomic E-state index is 13.1. The van der Waals surface area contributed by atoms with Crippen LogP contribution in [0.1, 0.15) is 25.7 Å². The van der Waals surface area contributed by atoms with Crippen molar-refractivity contribution in [1.29, 1.82) is 0 Å². The highest BCUT2D eigenvalue weighted by Gasteiger charge is 2.31. The van der Waals surface area contributed by atoms with Gasteiger partial charge in [0.2, 0.25) is 5.91 Å². The van der Waals surface area contributed by atoms with Crippen LogP contribution in [-0.4, -0.2) is 28.9 Å². The summed E-state index contributed by atoms with van der Waals surface area (Å²) in [6, 6.07) is 3.93. The fourth-order valence-electron chi connectivity index (χ4n) is 3.87. The Kier molecular flexibility index (Phi) is 5.58. The van der Waals surface area contributed by atoms with Gasteiger partial charge in [0, 0.05) is 24.4 Å². The van der Waals surface area contributed by atoms with Gasteiger partial charge in [-0.2, -0.15) is 0 Å². The van der Waals surface area contributed by atoms with Crippen LogP contribution in [0.2, 0.25) is 5.02 Å². The van der Waals surface area contributed by atoms with Gasteiger partial charge in [-0.3, -0.25) is 9.59 Å². The molecule has 3 N–H and O–H groups in total. The molecule has 29 heavy (non-hydrogen) atoms. The number of benzene rings is 1. The van der Waals surface area contributed by atoms with Crippen molar-refractivity contribution in [1.82, 2.24) is 15.5 Å². The monoisotopic (exact) mass is 416 g/mol. The van der Waals surface area contributed by atoms with Crippen molar-refractivity contribution >= 4 is 29.1 Å². The van der Waals surface area contributed by atoms with Crippen LogP contribution < -0.4 is 16.0 Å². The van der Waals surface area contributed by atoms with E-state index in [-0.39, 0.29) is 35.0 Å². The number of nitrogens with one attached hydrogen (secondary N) is 3. The number of carbonyl (C=O) groups is 2. The topological polar surface area (TPSA) is 73.5 Å². The number of halogens is 2. The molecule has 0 spiro atoms. The van der Waals surface area contributed by atoms with Gasteiger partial charge >= 0.3 is 0 Å². The Morgan fingerprint density at radius 1 is 1.17 bits per heavy atom. The molecule has 0 bridgehead atoms. The van der Waals surface area contributed by atoms with E-state index in [1.54, 1.807) is 6.20 Å². The van der Waals surface area contributed by atoms with Crippen LogP contribution in [-0.2, 0) is 9.59 Å². The van der Waals surface area contributed by atoms with E-state index in [0.29, 0.717) is 24.2 Å². The first kappa shape index (κ1) is 19.5. The number of fused-ring (bicyclic) bond motifs is 1. The molecule has 2 amide bonds. The van der Waals surface area contributed by atoms with Gasteiger partial charge in [0.05, 0.1) is 10.7 Å². The number of allylic oxidation sites excluding steroid dienone is 2. The van der Waals surface area contributed by atoms with Crippen LogP contribution in [0.25, 0.3) is 0 Å². The van der Waals surface area contributed by atoms with Gasteiger partial charge in [-0.05, 0) is 56.0 Å². The molecular formula is C21H22ClFN4O2. The Bertz CT molecular complexity index is 906. The molecule has 1 unspecified atom stereocenters. The lowest BCUT2D eigenvalue weighted by Crippen LogP contribution is -2.43. The van der Waals surface area contributed by atoms with E-state index in [1.807, 2.05) is 29.3 Å². The standard InChI is InChI=1S/C21H22ClFN4O2/c22-16-11-14(23)6-9-17(16)26-20(28)13-4-7-15(8-5-13)25-21(29)18-12-24-19-3-1-2-10-27(18)19/h1-3,6,9-13,15,19,24H,4-5,7-8H2,(H,25,29)(H,26,28)/t13-,15-,19?. The molecule has 0 radical (unpaired) electrons. The first-order valence-electron chi connectivity index (χ1n) is 9.67. The largest absolute Gasteiger partial charge is 0.366 e. The minimum absolute atomic E-state index is 0.0153. The first-order valence-corrected chi connectivity index (χ1v) is 10.1. The summed E-state index contributed by atoms with van der Waals surface area (Å²) in [6.07, 6.45) is 12.2. The van der Waals surface area contributed by atoms with Crippen molar-refractivity contribution in [3.05, 3.63) is 65.4 Å². The van der Waals surface area contributed by atoms with Crippen molar-refractivity contribution in [2.45, 2.75) is 37.9 Å². The minimum atomic E-state index is -0.445. The lowest BCUT2D eigenvalue weighted by atomic mass is 9.85. The Balaban J connectivity index is 1.27. The zero-order valence-corrected chi connectivity index (χ0v) is 16.5. The fraction of sp³-hybridized carbons (Fsp3) is 0.333. The molecule has 1 aromatic carbocycles. The highest BCUT2D eigenvalue weighted by molar-refractivity contribution is 6.33. The van der Waals surface area contributed by atoms with Gasteiger partial charge in [-0.25, -0.2) is 4.39 Å². The molecule has 8 heteroatoms. The second kappa shape index (κ2) is 8.29. The van der Waals surface area contributed by atoms with Crippen LogP contribution >= 0.6 is 11.6 Å². The van der Waals surface area contributed by atoms with Gasteiger partial charge in [0.15, 0.2) is 0 Å². The molecular weight excluding hydrogens is 395 g/mol. The van der Waals surface area contributed by atoms with Crippen LogP contribution in [0.4, 0.5) is 10.1 Å². The van der Waals surface area contributed by atoms with Gasteiger partial charge in [0.1, 0.15) is 17.7 Å². The predicted molar refractivity (Wildman–Crippen MR) is 109 cm³/mol. The molecule has 2 aliphatic heterocycles. The van der Waals surface area contributed by atoms with E-state index in [1.165, 1.54) is 18.2 Å². The highest BCUT2D eigenvalue weighted by Crippen LogP contribution is 2.28. The van der Waals surface area contributed by atoms with E-state index < -0.39 is 5.82 Å². The number of carbonyl (C=O) groups excluding carboxylic acids is 2. The van der Waals surface area contributed by atoms with E-state index in [2.05, 4.69) is 16.0 Å². The quantitative estimate of drug-likeness (QED) is 0.704. The average molecular weight is 417 g/mol. The SMILES string of the molecule is O=C(N[C@H]1CC[C@H](C(=O)Nc2ccc(F)cc2Cl)CC1)C1=CNC2C=CC=CN12. The number of anilines is 1. The van der Waals surface area contributed by atoms with E-state index in [0.717, 1.165) is 12.8 Å². The summed E-state index contributed by atoms with van der Waals surface area (Å²) < 4.78 is 13.1. The first-order chi connectivity index (χ1) is 14.0. The van der Waals surface area contributed by atoms with E-state index >= 15 is 0 Å². The molecule has 1 fully saturated rings. The number of nitrogens with zero attached hydrogens (tertiary/aromatic N) is 1. The molecule has 152 valence electrons. The van der Waals surface area contributed by atoms with E-state index in [4.69, 9.17) is 11.6 Å². The summed E-state index contributed by atoms with van der Waals surface area (Å²) in [5.41, 5.74) is 0.994. The zero-order valence-electron chi connectivity index (χ0n) is 15.7. The lowest BCUT2D eigenvalue weighted by molar-refractivity contribution is -0.121. The van der Waals surface area contributed by atoms with Gasteiger partial charge in [-0.15, -0.1) is 0 Å². The zero-order chi connectivity index (χ0) is 20.4. The third-order valence-corrected chi connectivity index (χ3v) is 5.79. The lowest BCUT2D eigenvalue weighted by Gasteiger charge is -2.30. The molecule has 6 nitrogen and oxygen atoms in total. The van der Waals surface area contributed by atoms with Crippen LogP contribution in [0.15, 0.2) is 54.5 Å². The van der Waals surface area contributed by atoms with Gasteiger partial charge in [-0.1, -0.05) is 17.7 Å². The highest BCUT2D eigenvalue weighted by atomic mass is 35.5. The summed E-state index contributed by atoms with van der Waals surface area (Å²) in [6.45, 7) is 0. The number of amides is 2. The van der Waals surface area contributed by atoms with Crippen molar-refractivity contribution in [2.75, 3.05) is 5.32 Å². The Hall–Kier alpha value is -2.80. The second-order valence-corrected chi connectivity index (χ2v) is 7.82. The molecule has 0 aromatic heterocycles. The Morgan fingerprint density at radius 3 is 2.72 bits per heavy atom. The Labute approximate surface area is 173 Å². The molecule has 1 aliphatic carbocycles. The normalized spacial score (nSPS) is 25.1. The summed E-state index contributed by atoms with van der Waals surface area (Å²) in [5.74, 6) is -0.847. The molecule has 1 aromatic rings. The molecule has 0 saturated heterocycles. The number of hydrogen-bond acceptors (Lipinski definition) is 4. The smallest absolute Gasteiger partial charge is 0.269 e. The summed E-state index contributed by atoms with van der Waals surface area (Å²) in [7, 11) is 0. The number of rotatable bonds is 4. The predicted octanol–water partition coefficient (Wildman–Crippen LogP) is 3.25. The van der Waals surface area contributed by atoms with Crippen LogP contribution in [0.5, 0.6) is 0 Å². The maximum absolute atomic E-state index is 13.1. The van der Waals surface area contributed by atoms with Crippen LogP contribution in [0, 0.1) is 11.7 Å².